The summed E-state index contributed by atoms with van der Waals surface area (Å²) in [5, 5.41) is 4.01. The fourth-order valence-electron chi connectivity index (χ4n) is 1.43. The minimum Gasteiger partial charge on any atom is -0.445 e. The second kappa shape index (κ2) is 5.14. The molecule has 3 nitrogen and oxygen atoms in total. The average Bonchev–Trinajstić information content (AvgIpc) is 2.67. The number of nitrogens with one attached hydrogen (secondary N) is 1. The van der Waals surface area contributed by atoms with E-state index < -0.39 is 0 Å². The van der Waals surface area contributed by atoms with Gasteiger partial charge in [0.25, 0.3) is 0 Å². The molecule has 1 heterocycles. The Balaban J connectivity index is 1.87. The van der Waals surface area contributed by atoms with Crippen molar-refractivity contribution in [2.24, 2.45) is 0 Å². The van der Waals surface area contributed by atoms with E-state index in [1.165, 1.54) is 0 Å². The minimum absolute atomic E-state index is 0.610. The van der Waals surface area contributed by atoms with E-state index in [1.54, 1.807) is 6.20 Å². The van der Waals surface area contributed by atoms with Gasteiger partial charge in [-0.2, -0.15) is 0 Å². The van der Waals surface area contributed by atoms with E-state index in [-0.39, 0.29) is 0 Å². The fraction of sp³-hybridized carbons (Fsp3) is 0.250. The maximum Gasteiger partial charge on any atom is 0.208 e. The van der Waals surface area contributed by atoms with Gasteiger partial charge in [0.2, 0.25) is 5.89 Å². The summed E-state index contributed by atoms with van der Waals surface area (Å²) >= 11 is 6.03. The van der Waals surface area contributed by atoms with Crippen molar-refractivity contribution in [1.82, 2.24) is 10.3 Å². The molecule has 2 aromatic rings. The molecule has 0 bridgehead atoms. The number of hydrogen-bond acceptors (Lipinski definition) is 3. The first-order valence-corrected chi connectivity index (χ1v) is 5.49. The standard InChI is InChI=1S/C12H13ClN2O/c1-9-6-15-12(16-9)8-14-7-10-4-2-3-5-11(10)13/h2-6,14H,7-8H2,1H3. The lowest BCUT2D eigenvalue weighted by Crippen LogP contribution is -2.13. The number of rotatable bonds is 4. The van der Waals surface area contributed by atoms with Crippen LogP contribution in [-0.2, 0) is 13.1 Å². The molecule has 1 aromatic heterocycles. The Morgan fingerprint density at radius 1 is 1.31 bits per heavy atom. The molecule has 4 heteroatoms. The molecule has 0 aliphatic carbocycles. The predicted molar refractivity (Wildman–Crippen MR) is 63.2 cm³/mol. The van der Waals surface area contributed by atoms with Crippen molar-refractivity contribution in [2.75, 3.05) is 0 Å². The van der Waals surface area contributed by atoms with Gasteiger partial charge in [-0.3, -0.25) is 0 Å². The molecule has 0 spiro atoms. The molecule has 84 valence electrons. The van der Waals surface area contributed by atoms with Crippen LogP contribution in [0.5, 0.6) is 0 Å². The largest absolute Gasteiger partial charge is 0.445 e. The van der Waals surface area contributed by atoms with Crippen molar-refractivity contribution in [1.29, 1.82) is 0 Å². The highest BCUT2D eigenvalue weighted by Gasteiger charge is 2.01. The van der Waals surface area contributed by atoms with Gasteiger partial charge in [-0.15, -0.1) is 0 Å². The highest BCUT2D eigenvalue weighted by Crippen LogP contribution is 2.14. The van der Waals surface area contributed by atoms with E-state index in [2.05, 4.69) is 10.3 Å². The maximum absolute atomic E-state index is 6.03. The smallest absolute Gasteiger partial charge is 0.208 e. The third kappa shape index (κ3) is 2.84. The Labute approximate surface area is 99.5 Å². The van der Waals surface area contributed by atoms with Gasteiger partial charge in [0.15, 0.2) is 0 Å². The summed E-state index contributed by atoms with van der Waals surface area (Å²) < 4.78 is 5.35. The van der Waals surface area contributed by atoms with Gasteiger partial charge >= 0.3 is 0 Å². The monoisotopic (exact) mass is 236 g/mol. The van der Waals surface area contributed by atoms with Crippen LogP contribution in [0.1, 0.15) is 17.2 Å². The third-order valence-corrected chi connectivity index (χ3v) is 2.59. The molecule has 1 aromatic carbocycles. The number of benzene rings is 1. The van der Waals surface area contributed by atoms with Crippen molar-refractivity contribution in [2.45, 2.75) is 20.0 Å². The molecule has 0 radical (unpaired) electrons. The highest BCUT2D eigenvalue weighted by molar-refractivity contribution is 6.31. The third-order valence-electron chi connectivity index (χ3n) is 2.22. The number of oxazole rings is 1. The lowest BCUT2D eigenvalue weighted by Gasteiger charge is -2.04. The van der Waals surface area contributed by atoms with E-state index in [9.17, 15) is 0 Å². The minimum atomic E-state index is 0.610. The topological polar surface area (TPSA) is 38.1 Å². The molecule has 0 saturated heterocycles. The van der Waals surface area contributed by atoms with Gasteiger partial charge in [-0.25, -0.2) is 4.98 Å². The van der Waals surface area contributed by atoms with Gasteiger partial charge in [0.1, 0.15) is 5.76 Å². The summed E-state index contributed by atoms with van der Waals surface area (Å²) in [7, 11) is 0. The van der Waals surface area contributed by atoms with E-state index in [4.69, 9.17) is 16.0 Å². The Kier molecular flexibility index (Phi) is 3.59. The molecule has 0 amide bonds. The molecule has 0 saturated carbocycles. The van der Waals surface area contributed by atoms with Crippen LogP contribution in [0.2, 0.25) is 5.02 Å². The second-order valence-electron chi connectivity index (χ2n) is 3.56. The van der Waals surface area contributed by atoms with Crippen molar-refractivity contribution >= 4 is 11.6 Å². The Morgan fingerprint density at radius 3 is 2.81 bits per heavy atom. The van der Waals surface area contributed by atoms with Crippen molar-refractivity contribution in [3.8, 4) is 0 Å². The van der Waals surface area contributed by atoms with Crippen LogP contribution in [0, 0.1) is 6.92 Å². The van der Waals surface area contributed by atoms with Crippen LogP contribution in [-0.4, -0.2) is 4.98 Å². The summed E-state index contributed by atoms with van der Waals surface area (Å²) in [5.41, 5.74) is 1.08. The maximum atomic E-state index is 6.03. The van der Waals surface area contributed by atoms with Gasteiger partial charge in [0, 0.05) is 11.6 Å². The first-order chi connectivity index (χ1) is 7.75. The molecule has 1 N–H and O–H groups in total. The van der Waals surface area contributed by atoms with Gasteiger partial charge in [0.05, 0.1) is 12.7 Å². The number of aryl methyl sites for hydroxylation is 1. The van der Waals surface area contributed by atoms with Crippen LogP contribution in [0.25, 0.3) is 0 Å². The zero-order valence-electron chi connectivity index (χ0n) is 9.03. The van der Waals surface area contributed by atoms with Crippen LogP contribution in [0.3, 0.4) is 0 Å². The Hall–Kier alpha value is -1.32. The summed E-state index contributed by atoms with van der Waals surface area (Å²) in [4.78, 5) is 4.11. The molecular weight excluding hydrogens is 224 g/mol. The van der Waals surface area contributed by atoms with Crippen molar-refractivity contribution in [3.05, 3.63) is 52.7 Å². The first-order valence-electron chi connectivity index (χ1n) is 5.11. The van der Waals surface area contributed by atoms with E-state index in [0.717, 1.165) is 16.3 Å². The SMILES string of the molecule is Cc1cnc(CNCc2ccccc2Cl)o1. The molecule has 0 unspecified atom stereocenters. The lowest BCUT2D eigenvalue weighted by molar-refractivity contribution is 0.449. The van der Waals surface area contributed by atoms with E-state index >= 15 is 0 Å². The van der Waals surface area contributed by atoms with E-state index in [0.29, 0.717) is 19.0 Å². The van der Waals surface area contributed by atoms with Crippen molar-refractivity contribution < 1.29 is 4.42 Å². The van der Waals surface area contributed by atoms with Crippen LogP contribution in [0.15, 0.2) is 34.9 Å². The number of halogens is 1. The highest BCUT2D eigenvalue weighted by atomic mass is 35.5. The van der Waals surface area contributed by atoms with Crippen LogP contribution < -0.4 is 5.32 Å². The lowest BCUT2D eigenvalue weighted by atomic mass is 10.2. The molecule has 0 aliphatic heterocycles. The van der Waals surface area contributed by atoms with Crippen molar-refractivity contribution in [3.63, 3.8) is 0 Å². The molecule has 0 atom stereocenters. The Bertz CT molecular complexity index is 468. The summed E-state index contributed by atoms with van der Waals surface area (Å²) in [6.45, 7) is 3.20. The summed E-state index contributed by atoms with van der Waals surface area (Å²) in [6, 6.07) is 7.77. The number of nitrogens with zero attached hydrogens (tertiary/aromatic N) is 1. The molecule has 2 rings (SSSR count). The predicted octanol–water partition coefficient (Wildman–Crippen LogP) is 2.93. The molecule has 16 heavy (non-hydrogen) atoms. The molecule has 0 aliphatic rings. The average molecular weight is 237 g/mol. The van der Waals surface area contributed by atoms with Gasteiger partial charge < -0.3 is 9.73 Å². The van der Waals surface area contributed by atoms with Gasteiger partial charge in [-0.1, -0.05) is 29.8 Å². The number of hydrogen-bond donors (Lipinski definition) is 1. The summed E-state index contributed by atoms with van der Waals surface area (Å²) in [5.74, 6) is 1.53. The normalized spacial score (nSPS) is 10.6. The van der Waals surface area contributed by atoms with Gasteiger partial charge in [-0.05, 0) is 18.6 Å². The second-order valence-corrected chi connectivity index (χ2v) is 3.97. The van der Waals surface area contributed by atoms with E-state index in [1.807, 2.05) is 31.2 Å². The summed E-state index contributed by atoms with van der Waals surface area (Å²) in [6.07, 6.45) is 1.71. The number of aromatic nitrogens is 1. The molecule has 0 fully saturated rings. The van der Waals surface area contributed by atoms with Crippen LogP contribution >= 0.6 is 11.6 Å². The quantitative estimate of drug-likeness (QED) is 0.887. The zero-order chi connectivity index (χ0) is 11.4. The first kappa shape index (κ1) is 11.2. The van der Waals surface area contributed by atoms with Crippen LogP contribution in [0.4, 0.5) is 0 Å². The molecular formula is C12H13ClN2O. The Morgan fingerprint density at radius 2 is 2.12 bits per heavy atom. The zero-order valence-corrected chi connectivity index (χ0v) is 9.79. The fourth-order valence-corrected chi connectivity index (χ4v) is 1.63.